The molecule has 86 valence electrons. The molecule has 1 unspecified atom stereocenters. The Bertz CT molecular complexity index is 425. The molecule has 0 radical (unpaired) electrons. The molecule has 0 saturated heterocycles. The number of fused-ring (bicyclic) bond motifs is 1. The van der Waals surface area contributed by atoms with E-state index in [2.05, 4.69) is 26.0 Å². The molecule has 2 aromatic rings. The molecule has 2 rings (SSSR count). The van der Waals surface area contributed by atoms with Crippen molar-refractivity contribution in [3.8, 4) is 0 Å². The Balaban J connectivity index is 2.09. The molecule has 0 spiro atoms. The van der Waals surface area contributed by atoms with Crippen LogP contribution >= 0.6 is 0 Å². The van der Waals surface area contributed by atoms with Gasteiger partial charge < -0.3 is 10.2 Å². The van der Waals surface area contributed by atoms with Crippen LogP contribution in [0.4, 0.5) is 0 Å². The first-order chi connectivity index (χ1) is 7.65. The van der Waals surface area contributed by atoms with E-state index in [-0.39, 0.29) is 6.04 Å². The normalized spacial score (nSPS) is 13.5. The van der Waals surface area contributed by atoms with Crippen LogP contribution in [0.2, 0.25) is 0 Å². The molecule has 1 aromatic carbocycles. The highest BCUT2D eigenvalue weighted by atomic mass is 16.3. The Hall–Kier alpha value is -1.28. The SMILES string of the molecule is CC(C)CC(N)Cc1cc2ccccc2o1. The van der Waals surface area contributed by atoms with E-state index in [1.165, 1.54) is 0 Å². The lowest BCUT2D eigenvalue weighted by molar-refractivity contribution is 0.453. The van der Waals surface area contributed by atoms with E-state index in [4.69, 9.17) is 10.2 Å². The highest BCUT2D eigenvalue weighted by Crippen LogP contribution is 2.20. The van der Waals surface area contributed by atoms with Gasteiger partial charge in [-0.3, -0.25) is 0 Å². The molecule has 16 heavy (non-hydrogen) atoms. The van der Waals surface area contributed by atoms with E-state index in [1.807, 2.05) is 18.2 Å². The zero-order chi connectivity index (χ0) is 11.5. The molecule has 0 aliphatic carbocycles. The first-order valence-corrected chi connectivity index (χ1v) is 5.88. The van der Waals surface area contributed by atoms with Gasteiger partial charge >= 0.3 is 0 Å². The summed E-state index contributed by atoms with van der Waals surface area (Å²) in [6, 6.07) is 10.4. The molecular formula is C14H19NO. The van der Waals surface area contributed by atoms with Crippen molar-refractivity contribution in [2.45, 2.75) is 32.7 Å². The van der Waals surface area contributed by atoms with E-state index in [0.717, 1.165) is 29.6 Å². The number of benzene rings is 1. The number of rotatable bonds is 4. The molecule has 1 heterocycles. The van der Waals surface area contributed by atoms with Crippen molar-refractivity contribution in [2.24, 2.45) is 11.7 Å². The van der Waals surface area contributed by atoms with Gasteiger partial charge in [-0.2, -0.15) is 0 Å². The topological polar surface area (TPSA) is 39.2 Å². The molecule has 0 aliphatic heterocycles. The van der Waals surface area contributed by atoms with Crippen molar-refractivity contribution in [1.82, 2.24) is 0 Å². The summed E-state index contributed by atoms with van der Waals surface area (Å²) in [6.45, 7) is 4.39. The van der Waals surface area contributed by atoms with Crippen LogP contribution in [0, 0.1) is 5.92 Å². The zero-order valence-corrected chi connectivity index (χ0v) is 9.94. The van der Waals surface area contributed by atoms with Gasteiger partial charge in [0.05, 0.1) is 0 Å². The summed E-state index contributed by atoms with van der Waals surface area (Å²) in [6.07, 6.45) is 1.86. The van der Waals surface area contributed by atoms with Gasteiger partial charge in [0.2, 0.25) is 0 Å². The molecule has 2 nitrogen and oxygen atoms in total. The van der Waals surface area contributed by atoms with E-state index in [0.29, 0.717) is 5.92 Å². The predicted octanol–water partition coefficient (Wildman–Crippen LogP) is 3.35. The van der Waals surface area contributed by atoms with Crippen LogP contribution in [-0.2, 0) is 6.42 Å². The van der Waals surface area contributed by atoms with Crippen molar-refractivity contribution >= 4 is 11.0 Å². The second kappa shape index (κ2) is 4.71. The average molecular weight is 217 g/mol. The Morgan fingerprint density at radius 3 is 2.69 bits per heavy atom. The third-order valence-corrected chi connectivity index (χ3v) is 2.71. The largest absolute Gasteiger partial charge is 0.461 e. The first kappa shape index (κ1) is 11.2. The van der Waals surface area contributed by atoms with Crippen LogP contribution < -0.4 is 5.73 Å². The Morgan fingerprint density at radius 1 is 1.25 bits per heavy atom. The van der Waals surface area contributed by atoms with E-state index in [1.54, 1.807) is 0 Å². The maximum Gasteiger partial charge on any atom is 0.134 e. The van der Waals surface area contributed by atoms with E-state index >= 15 is 0 Å². The molecule has 0 fully saturated rings. The smallest absolute Gasteiger partial charge is 0.134 e. The fraction of sp³-hybridized carbons (Fsp3) is 0.429. The minimum Gasteiger partial charge on any atom is -0.461 e. The summed E-state index contributed by atoms with van der Waals surface area (Å²) in [7, 11) is 0. The van der Waals surface area contributed by atoms with Crippen LogP contribution in [-0.4, -0.2) is 6.04 Å². The van der Waals surface area contributed by atoms with Gasteiger partial charge in [0, 0.05) is 17.8 Å². The van der Waals surface area contributed by atoms with Crippen molar-refractivity contribution < 1.29 is 4.42 Å². The van der Waals surface area contributed by atoms with Crippen LogP contribution in [0.15, 0.2) is 34.7 Å². The van der Waals surface area contributed by atoms with Gasteiger partial charge in [0.25, 0.3) is 0 Å². The van der Waals surface area contributed by atoms with Crippen molar-refractivity contribution in [2.75, 3.05) is 0 Å². The number of nitrogens with two attached hydrogens (primary N) is 1. The first-order valence-electron chi connectivity index (χ1n) is 5.88. The minimum atomic E-state index is 0.195. The standard InChI is InChI=1S/C14H19NO/c1-10(2)7-12(15)9-13-8-11-5-3-4-6-14(11)16-13/h3-6,8,10,12H,7,9,15H2,1-2H3. The van der Waals surface area contributed by atoms with E-state index < -0.39 is 0 Å². The lowest BCUT2D eigenvalue weighted by Gasteiger charge is -2.11. The summed E-state index contributed by atoms with van der Waals surface area (Å²) in [5.74, 6) is 1.63. The Kier molecular flexibility index (Phi) is 3.30. The molecule has 2 N–H and O–H groups in total. The number of para-hydroxylation sites is 1. The van der Waals surface area contributed by atoms with Gasteiger partial charge in [-0.05, 0) is 24.5 Å². The van der Waals surface area contributed by atoms with Gasteiger partial charge in [-0.25, -0.2) is 0 Å². The molecular weight excluding hydrogens is 198 g/mol. The molecule has 0 bridgehead atoms. The van der Waals surface area contributed by atoms with Crippen LogP contribution in [0.5, 0.6) is 0 Å². The predicted molar refractivity (Wildman–Crippen MR) is 67.3 cm³/mol. The number of hydrogen-bond donors (Lipinski definition) is 1. The highest BCUT2D eigenvalue weighted by molar-refractivity contribution is 5.77. The van der Waals surface area contributed by atoms with Crippen LogP contribution in [0.3, 0.4) is 0 Å². The fourth-order valence-corrected chi connectivity index (χ4v) is 2.08. The zero-order valence-electron chi connectivity index (χ0n) is 9.94. The molecule has 0 aliphatic rings. The molecule has 0 saturated carbocycles. The van der Waals surface area contributed by atoms with Crippen LogP contribution in [0.25, 0.3) is 11.0 Å². The summed E-state index contributed by atoms with van der Waals surface area (Å²) >= 11 is 0. The summed E-state index contributed by atoms with van der Waals surface area (Å²) < 4.78 is 5.74. The molecule has 2 heteroatoms. The maximum atomic E-state index is 6.07. The Labute approximate surface area is 96.4 Å². The second-order valence-electron chi connectivity index (χ2n) is 4.84. The third-order valence-electron chi connectivity index (χ3n) is 2.71. The second-order valence-corrected chi connectivity index (χ2v) is 4.84. The lowest BCUT2D eigenvalue weighted by Crippen LogP contribution is -2.24. The van der Waals surface area contributed by atoms with Crippen molar-refractivity contribution in [1.29, 1.82) is 0 Å². The average Bonchev–Trinajstić information content (AvgIpc) is 2.57. The summed E-state index contributed by atoms with van der Waals surface area (Å²) in [5.41, 5.74) is 7.02. The molecule has 1 atom stereocenters. The summed E-state index contributed by atoms with van der Waals surface area (Å²) in [5, 5.41) is 1.16. The quantitative estimate of drug-likeness (QED) is 0.853. The van der Waals surface area contributed by atoms with Crippen molar-refractivity contribution in [3.05, 3.63) is 36.1 Å². The van der Waals surface area contributed by atoms with Crippen molar-refractivity contribution in [3.63, 3.8) is 0 Å². The lowest BCUT2D eigenvalue weighted by atomic mass is 10.0. The number of hydrogen-bond acceptors (Lipinski definition) is 2. The van der Waals surface area contributed by atoms with Gasteiger partial charge in [-0.15, -0.1) is 0 Å². The molecule has 0 amide bonds. The number of furan rings is 1. The van der Waals surface area contributed by atoms with Gasteiger partial charge in [0.1, 0.15) is 11.3 Å². The Morgan fingerprint density at radius 2 is 2.00 bits per heavy atom. The molecule has 1 aromatic heterocycles. The third kappa shape index (κ3) is 2.64. The maximum absolute atomic E-state index is 6.07. The van der Waals surface area contributed by atoms with Crippen LogP contribution in [0.1, 0.15) is 26.0 Å². The van der Waals surface area contributed by atoms with E-state index in [9.17, 15) is 0 Å². The fourth-order valence-electron chi connectivity index (χ4n) is 2.08. The summed E-state index contributed by atoms with van der Waals surface area (Å²) in [4.78, 5) is 0. The monoisotopic (exact) mass is 217 g/mol. The van der Waals surface area contributed by atoms with Gasteiger partial charge in [-0.1, -0.05) is 32.0 Å². The van der Waals surface area contributed by atoms with Gasteiger partial charge in [0.15, 0.2) is 0 Å². The minimum absolute atomic E-state index is 0.195. The highest BCUT2D eigenvalue weighted by Gasteiger charge is 2.10.